The van der Waals surface area contributed by atoms with Crippen LogP contribution in [0.15, 0.2) is 88.1 Å². The molecule has 5 aromatic rings. The highest BCUT2D eigenvalue weighted by Crippen LogP contribution is 2.40. The van der Waals surface area contributed by atoms with Gasteiger partial charge in [-0.2, -0.15) is 5.26 Å². The van der Waals surface area contributed by atoms with E-state index < -0.39 is 0 Å². The number of carbonyl (C=O) groups is 1. The number of benzene rings is 2. The first-order valence-corrected chi connectivity index (χ1v) is 19.2. The fourth-order valence-electron chi connectivity index (χ4n) is 7.10. The van der Waals surface area contributed by atoms with Gasteiger partial charge < -0.3 is 19.2 Å². The van der Waals surface area contributed by atoms with Crippen LogP contribution in [0.3, 0.4) is 0 Å². The topological polar surface area (TPSA) is 156 Å². The van der Waals surface area contributed by atoms with Crippen LogP contribution in [0.25, 0.3) is 5.00 Å². The van der Waals surface area contributed by atoms with Gasteiger partial charge in [-0.15, -0.1) is 21.5 Å². The maximum absolute atomic E-state index is 13.3. The van der Waals surface area contributed by atoms with Gasteiger partial charge in [0, 0.05) is 41.2 Å². The van der Waals surface area contributed by atoms with E-state index in [9.17, 15) is 4.79 Å². The van der Waals surface area contributed by atoms with Gasteiger partial charge in [0.15, 0.2) is 11.7 Å². The van der Waals surface area contributed by atoms with E-state index in [-0.39, 0.29) is 24.1 Å². The average molecular weight is 776 g/mol. The van der Waals surface area contributed by atoms with E-state index in [1.54, 1.807) is 66.2 Å². The molecular weight excluding hydrogens is 738 g/mol. The number of ether oxygens (including phenoxy) is 2. The third kappa shape index (κ3) is 7.33. The summed E-state index contributed by atoms with van der Waals surface area (Å²) in [4.78, 5) is 24.2. The number of nitrogens with zero attached hydrogens (tertiary/aromatic N) is 7. The lowest BCUT2D eigenvalue weighted by Crippen LogP contribution is -2.46. The minimum Gasteiger partial charge on any atom is -0.490 e. The van der Waals surface area contributed by atoms with Crippen molar-refractivity contribution in [3.63, 3.8) is 0 Å². The number of hydrogen-bond donors (Lipinski definition) is 2. The van der Waals surface area contributed by atoms with E-state index in [1.165, 1.54) is 4.88 Å². The number of thiophene rings is 1. The number of nitrogens with one attached hydrogen (secondary N) is 2. The number of halogens is 1. The summed E-state index contributed by atoms with van der Waals surface area (Å²) in [6, 6.07) is 14.7. The first kappa shape index (κ1) is 36.1. The van der Waals surface area contributed by atoms with Crippen LogP contribution in [0.4, 0.5) is 0 Å². The molecule has 0 bridgehead atoms. The number of hydrazine groups is 1. The number of aryl methyl sites for hydroxylation is 2. The standard InChI is InChI=1S/C40H38ClN9O4S/c1-22-23(2)55-40-36(22)37(45-32(20-35-43-17-18-52-35)38-47-46-24(3)50(38)40)25-5-10-29(11-6-25)54-34-16-15-33(49(4)48-34)39(51)44-27-8-13-28(14-9-27)53-30-12-7-26(21-42)31(41)19-30/h5-7,10-12,15-19,27-28,32,48H,8-9,13-14,20H2,1-4H3,(H,44,51)/t27?,28?,32-/m0/s1. The summed E-state index contributed by atoms with van der Waals surface area (Å²) in [6.07, 6.45) is 10.3. The third-order valence-electron chi connectivity index (χ3n) is 10.1. The molecule has 0 spiro atoms. The maximum atomic E-state index is 13.3. The van der Waals surface area contributed by atoms with Crippen molar-refractivity contribution < 1.29 is 18.7 Å². The molecule has 0 saturated heterocycles. The SMILES string of the molecule is Cc1sc2c(c1C)C(c1ccc(OC3=CC=C(C(=O)NC4CCC(Oc5ccc(C#N)c(Cl)c5)CC4)N(C)N3)cc1)=N[C@@H](Cc1ncco1)c1nnc(C)n1-2. The molecular formula is C40H38ClN9O4S. The van der Waals surface area contributed by atoms with Gasteiger partial charge in [-0.25, -0.2) is 4.98 Å². The number of allylic oxidation sites excluding steroid dienone is 2. The minimum atomic E-state index is -0.361. The molecule has 2 N–H and O–H groups in total. The number of hydrogen-bond acceptors (Lipinski definition) is 12. The molecule has 1 fully saturated rings. The van der Waals surface area contributed by atoms with Crippen molar-refractivity contribution in [2.45, 2.75) is 71.1 Å². The quantitative estimate of drug-likeness (QED) is 0.161. The van der Waals surface area contributed by atoms with Gasteiger partial charge in [-0.3, -0.25) is 24.8 Å². The summed E-state index contributed by atoms with van der Waals surface area (Å²) < 4.78 is 20.0. The van der Waals surface area contributed by atoms with Gasteiger partial charge in [0.25, 0.3) is 5.91 Å². The summed E-state index contributed by atoms with van der Waals surface area (Å²) in [6.45, 7) is 6.21. The number of likely N-dealkylation sites (N-methyl/N-ethyl adjacent to an activating group) is 1. The van der Waals surface area contributed by atoms with Crippen molar-refractivity contribution in [3.8, 4) is 22.6 Å². The second kappa shape index (κ2) is 15.1. The lowest BCUT2D eigenvalue weighted by molar-refractivity contribution is -0.120. The van der Waals surface area contributed by atoms with Crippen LogP contribution in [0.1, 0.15) is 76.4 Å². The fraction of sp³-hybridized carbons (Fsp3) is 0.300. The number of aromatic nitrogens is 4. The highest BCUT2D eigenvalue weighted by atomic mass is 35.5. The Morgan fingerprint density at radius 1 is 1.09 bits per heavy atom. The zero-order valence-corrected chi connectivity index (χ0v) is 32.2. The molecule has 280 valence electrons. The minimum absolute atomic E-state index is 0.0161. The molecule has 3 aliphatic rings. The number of aliphatic imine (C=N–C) groups is 1. The summed E-state index contributed by atoms with van der Waals surface area (Å²) >= 11 is 7.87. The lowest BCUT2D eigenvalue weighted by Gasteiger charge is -2.32. The molecule has 1 atom stereocenters. The molecule has 55 heavy (non-hydrogen) atoms. The van der Waals surface area contributed by atoms with Gasteiger partial charge in [-0.1, -0.05) is 11.6 Å². The summed E-state index contributed by atoms with van der Waals surface area (Å²) in [5.41, 5.74) is 8.07. The highest BCUT2D eigenvalue weighted by molar-refractivity contribution is 7.15. The van der Waals surface area contributed by atoms with Crippen LogP contribution in [0, 0.1) is 32.1 Å². The smallest absolute Gasteiger partial charge is 0.269 e. The second-order valence-electron chi connectivity index (χ2n) is 13.7. The zero-order valence-electron chi connectivity index (χ0n) is 30.7. The Labute approximate surface area is 326 Å². The normalized spacial score (nSPS) is 19.1. The van der Waals surface area contributed by atoms with Gasteiger partial charge in [0.2, 0.25) is 5.88 Å². The highest BCUT2D eigenvalue weighted by Gasteiger charge is 2.32. The fourth-order valence-corrected chi connectivity index (χ4v) is 8.53. The number of rotatable bonds is 9. The predicted molar refractivity (Wildman–Crippen MR) is 207 cm³/mol. The Hall–Kier alpha value is -5.91. The number of fused-ring (bicyclic) bond motifs is 3. The average Bonchev–Trinajstić information content (AvgIpc) is 3.88. The monoisotopic (exact) mass is 775 g/mol. The first-order valence-electron chi connectivity index (χ1n) is 18.0. The van der Waals surface area contributed by atoms with Gasteiger partial charge in [0.05, 0.1) is 35.0 Å². The van der Waals surface area contributed by atoms with E-state index in [2.05, 4.69) is 50.4 Å². The molecule has 13 nitrogen and oxygen atoms in total. The van der Waals surface area contributed by atoms with Crippen molar-refractivity contribution in [2.24, 2.45) is 4.99 Å². The van der Waals surface area contributed by atoms with Gasteiger partial charge in [-0.05, 0) is 94.5 Å². The van der Waals surface area contributed by atoms with Gasteiger partial charge >= 0.3 is 0 Å². The molecule has 0 radical (unpaired) electrons. The maximum Gasteiger partial charge on any atom is 0.269 e. The summed E-state index contributed by atoms with van der Waals surface area (Å²) in [5.74, 6) is 3.69. The largest absolute Gasteiger partial charge is 0.490 e. The first-order chi connectivity index (χ1) is 26.6. The Morgan fingerprint density at radius 3 is 2.58 bits per heavy atom. The van der Waals surface area contributed by atoms with Crippen LogP contribution in [-0.2, 0) is 11.2 Å². The molecule has 1 amide bonds. The van der Waals surface area contributed by atoms with Crippen molar-refractivity contribution in [2.75, 3.05) is 7.05 Å². The summed E-state index contributed by atoms with van der Waals surface area (Å²) in [7, 11) is 1.78. The van der Waals surface area contributed by atoms with Crippen LogP contribution in [-0.4, -0.2) is 55.6 Å². The van der Waals surface area contributed by atoms with Crippen molar-refractivity contribution in [1.29, 1.82) is 5.26 Å². The third-order valence-corrected chi connectivity index (χ3v) is 11.6. The lowest BCUT2D eigenvalue weighted by atomic mass is 9.92. The van der Waals surface area contributed by atoms with Crippen LogP contribution >= 0.6 is 22.9 Å². The Balaban J connectivity index is 0.932. The number of carbonyl (C=O) groups excluding carboxylic acids is 1. The zero-order chi connectivity index (χ0) is 38.2. The number of oxazole rings is 1. The van der Waals surface area contributed by atoms with Crippen LogP contribution in [0.5, 0.6) is 11.5 Å². The molecule has 1 aliphatic carbocycles. The molecule has 0 unspecified atom stereocenters. The van der Waals surface area contributed by atoms with E-state index in [0.717, 1.165) is 64.7 Å². The van der Waals surface area contributed by atoms with Gasteiger partial charge in [0.1, 0.15) is 46.4 Å². The van der Waals surface area contributed by atoms with Crippen LogP contribution in [0.2, 0.25) is 5.02 Å². The number of amides is 1. The second-order valence-corrected chi connectivity index (χ2v) is 15.3. The molecule has 3 aromatic heterocycles. The van der Waals surface area contributed by atoms with E-state index in [1.807, 2.05) is 31.2 Å². The van der Waals surface area contributed by atoms with Crippen LogP contribution < -0.4 is 20.2 Å². The molecule has 5 heterocycles. The predicted octanol–water partition coefficient (Wildman–Crippen LogP) is 6.96. The number of nitriles is 1. The van der Waals surface area contributed by atoms with E-state index in [4.69, 9.17) is 35.7 Å². The molecule has 8 rings (SSSR count). The summed E-state index contributed by atoms with van der Waals surface area (Å²) in [5, 5.41) is 24.3. The molecule has 2 aromatic carbocycles. The molecule has 15 heteroatoms. The van der Waals surface area contributed by atoms with Crippen molar-refractivity contribution in [1.82, 2.24) is 35.5 Å². The van der Waals surface area contributed by atoms with E-state index >= 15 is 0 Å². The molecule has 1 saturated carbocycles. The van der Waals surface area contributed by atoms with Crippen molar-refractivity contribution in [3.05, 3.63) is 128 Å². The Morgan fingerprint density at radius 2 is 1.87 bits per heavy atom. The molecule has 2 aliphatic heterocycles. The van der Waals surface area contributed by atoms with E-state index in [0.29, 0.717) is 46.0 Å². The van der Waals surface area contributed by atoms with Crippen molar-refractivity contribution >= 4 is 34.6 Å². The Kier molecular flexibility index (Phi) is 9.89. The Bertz CT molecular complexity index is 2380.